The Kier molecular flexibility index (Phi) is 13.2. The highest BCUT2D eigenvalue weighted by molar-refractivity contribution is 4.71. The minimum atomic E-state index is -0.336. The van der Waals surface area contributed by atoms with E-state index in [4.69, 9.17) is 11.5 Å². The minimum Gasteiger partial charge on any atom is -0.392 e. The summed E-state index contributed by atoms with van der Waals surface area (Å²) in [6.45, 7) is 2.91. The van der Waals surface area contributed by atoms with Crippen molar-refractivity contribution in [3.05, 3.63) is 0 Å². The minimum absolute atomic E-state index is 0.0851. The molecular weight excluding hydrogens is 224 g/mol. The molecular formula is C15H34N2O. The summed E-state index contributed by atoms with van der Waals surface area (Å²) in [5.41, 5.74) is 11.3. The van der Waals surface area contributed by atoms with Crippen LogP contribution in [-0.4, -0.2) is 23.8 Å². The molecule has 5 N–H and O–H groups in total. The van der Waals surface area contributed by atoms with Crippen LogP contribution < -0.4 is 11.5 Å². The quantitative estimate of drug-likeness (QED) is 0.445. The fraction of sp³-hybridized carbons (Fsp3) is 1.00. The lowest BCUT2D eigenvalue weighted by atomic mass is 10.00. The molecule has 0 aromatic rings. The van der Waals surface area contributed by atoms with Gasteiger partial charge in [0.1, 0.15) is 0 Å². The second kappa shape index (κ2) is 13.3. The first kappa shape index (κ1) is 17.9. The van der Waals surface area contributed by atoms with Gasteiger partial charge in [0.2, 0.25) is 0 Å². The molecule has 0 saturated carbocycles. The first-order valence-corrected chi connectivity index (χ1v) is 7.86. The standard InChI is InChI=1S/C15H34N2O/c1-2-3-4-5-6-7-8-9-12-15(18)14(17)11-10-13-16/h14-15,18H,2-13,16-17H2,1H3. The van der Waals surface area contributed by atoms with Crippen LogP contribution >= 0.6 is 0 Å². The Labute approximate surface area is 113 Å². The van der Waals surface area contributed by atoms with Crippen molar-refractivity contribution in [2.75, 3.05) is 6.54 Å². The molecule has 0 aliphatic carbocycles. The summed E-state index contributed by atoms with van der Waals surface area (Å²) < 4.78 is 0. The zero-order chi connectivity index (χ0) is 13.6. The van der Waals surface area contributed by atoms with Crippen molar-refractivity contribution in [2.45, 2.75) is 89.7 Å². The molecule has 0 fully saturated rings. The molecule has 2 atom stereocenters. The van der Waals surface area contributed by atoms with Gasteiger partial charge >= 0.3 is 0 Å². The number of rotatable bonds is 13. The van der Waals surface area contributed by atoms with Crippen LogP contribution in [0, 0.1) is 0 Å². The molecule has 3 heteroatoms. The average Bonchev–Trinajstić information content (AvgIpc) is 2.38. The van der Waals surface area contributed by atoms with Gasteiger partial charge in [-0.2, -0.15) is 0 Å². The van der Waals surface area contributed by atoms with E-state index in [1.807, 2.05) is 0 Å². The van der Waals surface area contributed by atoms with Gasteiger partial charge in [0, 0.05) is 6.04 Å². The summed E-state index contributed by atoms with van der Waals surface area (Å²) in [7, 11) is 0. The molecule has 0 spiro atoms. The van der Waals surface area contributed by atoms with Gasteiger partial charge in [0.05, 0.1) is 6.10 Å². The normalized spacial score (nSPS) is 14.7. The van der Waals surface area contributed by atoms with Gasteiger partial charge in [0.15, 0.2) is 0 Å². The first-order valence-electron chi connectivity index (χ1n) is 7.86. The van der Waals surface area contributed by atoms with Crippen molar-refractivity contribution in [1.82, 2.24) is 0 Å². The van der Waals surface area contributed by atoms with Crippen LogP contribution in [0.1, 0.15) is 77.6 Å². The summed E-state index contributed by atoms with van der Waals surface area (Å²) in [5, 5.41) is 9.85. The molecule has 2 unspecified atom stereocenters. The van der Waals surface area contributed by atoms with Gasteiger partial charge in [-0.05, 0) is 25.8 Å². The van der Waals surface area contributed by atoms with Crippen LogP contribution in [0.3, 0.4) is 0 Å². The summed E-state index contributed by atoms with van der Waals surface area (Å²) in [6.07, 6.45) is 12.7. The molecule has 0 rings (SSSR count). The van der Waals surface area contributed by atoms with Crippen molar-refractivity contribution in [3.8, 4) is 0 Å². The highest BCUT2D eigenvalue weighted by Crippen LogP contribution is 2.12. The number of unbranched alkanes of at least 4 members (excludes halogenated alkanes) is 7. The smallest absolute Gasteiger partial charge is 0.0691 e. The van der Waals surface area contributed by atoms with Gasteiger partial charge in [-0.25, -0.2) is 0 Å². The maximum atomic E-state index is 9.85. The van der Waals surface area contributed by atoms with E-state index in [9.17, 15) is 5.11 Å². The van der Waals surface area contributed by atoms with Crippen LogP contribution in [-0.2, 0) is 0 Å². The molecule has 110 valence electrons. The fourth-order valence-electron chi connectivity index (χ4n) is 2.25. The second-order valence-electron chi connectivity index (χ2n) is 5.43. The molecule has 0 aromatic carbocycles. The summed E-state index contributed by atoms with van der Waals surface area (Å²) in [6, 6.07) is -0.0851. The van der Waals surface area contributed by atoms with Crippen LogP contribution in [0.4, 0.5) is 0 Å². The Hall–Kier alpha value is -0.120. The van der Waals surface area contributed by atoms with E-state index in [2.05, 4.69) is 6.92 Å². The topological polar surface area (TPSA) is 72.3 Å². The maximum Gasteiger partial charge on any atom is 0.0691 e. The molecule has 18 heavy (non-hydrogen) atoms. The fourth-order valence-corrected chi connectivity index (χ4v) is 2.25. The van der Waals surface area contributed by atoms with Crippen LogP contribution in [0.2, 0.25) is 0 Å². The Bertz CT molecular complexity index is 165. The number of nitrogens with two attached hydrogens (primary N) is 2. The summed E-state index contributed by atoms with van der Waals surface area (Å²) >= 11 is 0. The summed E-state index contributed by atoms with van der Waals surface area (Å²) in [4.78, 5) is 0. The van der Waals surface area contributed by atoms with E-state index >= 15 is 0 Å². The highest BCUT2D eigenvalue weighted by Gasteiger charge is 2.13. The number of hydrogen-bond acceptors (Lipinski definition) is 3. The van der Waals surface area contributed by atoms with Crippen molar-refractivity contribution < 1.29 is 5.11 Å². The van der Waals surface area contributed by atoms with Crippen LogP contribution in [0.5, 0.6) is 0 Å². The Morgan fingerprint density at radius 3 is 1.94 bits per heavy atom. The lowest BCUT2D eigenvalue weighted by molar-refractivity contribution is 0.127. The number of hydrogen-bond donors (Lipinski definition) is 3. The second-order valence-corrected chi connectivity index (χ2v) is 5.43. The predicted molar refractivity (Wildman–Crippen MR) is 79.5 cm³/mol. The van der Waals surface area contributed by atoms with E-state index in [1.54, 1.807) is 0 Å². The molecule has 0 heterocycles. The van der Waals surface area contributed by atoms with Gasteiger partial charge in [0.25, 0.3) is 0 Å². The Balaban J connectivity index is 3.26. The third kappa shape index (κ3) is 11.0. The van der Waals surface area contributed by atoms with Crippen molar-refractivity contribution >= 4 is 0 Å². The van der Waals surface area contributed by atoms with Crippen LogP contribution in [0.25, 0.3) is 0 Å². The van der Waals surface area contributed by atoms with E-state index in [0.29, 0.717) is 6.54 Å². The molecule has 0 bridgehead atoms. The molecule has 0 saturated heterocycles. The van der Waals surface area contributed by atoms with Gasteiger partial charge in [-0.1, -0.05) is 58.3 Å². The lowest BCUT2D eigenvalue weighted by Gasteiger charge is -2.18. The zero-order valence-corrected chi connectivity index (χ0v) is 12.2. The van der Waals surface area contributed by atoms with Crippen LogP contribution in [0.15, 0.2) is 0 Å². The SMILES string of the molecule is CCCCCCCCCCC(O)C(N)CCCN. The van der Waals surface area contributed by atoms with E-state index in [0.717, 1.165) is 25.7 Å². The number of aliphatic hydroxyl groups excluding tert-OH is 1. The van der Waals surface area contributed by atoms with Gasteiger partial charge in [-0.15, -0.1) is 0 Å². The molecule has 0 aliphatic rings. The molecule has 0 aromatic heterocycles. The first-order chi connectivity index (χ1) is 8.72. The molecule has 0 radical (unpaired) electrons. The van der Waals surface area contributed by atoms with Gasteiger partial charge in [-0.3, -0.25) is 0 Å². The lowest BCUT2D eigenvalue weighted by Crippen LogP contribution is -2.35. The maximum absolute atomic E-state index is 9.85. The third-order valence-electron chi connectivity index (χ3n) is 3.59. The van der Waals surface area contributed by atoms with Crippen molar-refractivity contribution in [3.63, 3.8) is 0 Å². The number of aliphatic hydroxyl groups is 1. The van der Waals surface area contributed by atoms with E-state index in [1.165, 1.54) is 44.9 Å². The van der Waals surface area contributed by atoms with E-state index < -0.39 is 0 Å². The predicted octanol–water partition coefficient (Wildman–Crippen LogP) is 2.94. The molecule has 0 amide bonds. The largest absolute Gasteiger partial charge is 0.392 e. The Morgan fingerprint density at radius 1 is 0.833 bits per heavy atom. The van der Waals surface area contributed by atoms with Crippen molar-refractivity contribution in [1.29, 1.82) is 0 Å². The van der Waals surface area contributed by atoms with E-state index in [-0.39, 0.29) is 12.1 Å². The van der Waals surface area contributed by atoms with Crippen molar-refractivity contribution in [2.24, 2.45) is 11.5 Å². The molecule has 0 aliphatic heterocycles. The third-order valence-corrected chi connectivity index (χ3v) is 3.59. The summed E-state index contributed by atoms with van der Waals surface area (Å²) in [5.74, 6) is 0. The average molecular weight is 258 g/mol. The van der Waals surface area contributed by atoms with Gasteiger partial charge < -0.3 is 16.6 Å². The molecule has 3 nitrogen and oxygen atoms in total. The zero-order valence-electron chi connectivity index (χ0n) is 12.2. The Morgan fingerprint density at radius 2 is 1.39 bits per heavy atom. The highest BCUT2D eigenvalue weighted by atomic mass is 16.3. The monoisotopic (exact) mass is 258 g/mol.